The Hall–Kier alpha value is -1.02. The molecule has 0 aliphatic heterocycles. The van der Waals surface area contributed by atoms with Crippen LogP contribution in [-0.2, 0) is 0 Å². The molecule has 144 valence electrons. The lowest BCUT2D eigenvalue weighted by Gasteiger charge is -2.38. The van der Waals surface area contributed by atoms with E-state index in [2.05, 4.69) is 12.7 Å². The first-order valence-electron chi connectivity index (χ1n) is 10.3. The smallest absolute Gasteiger partial charge is 0.149 e. The summed E-state index contributed by atoms with van der Waals surface area (Å²) in [5, 5.41) is 0.130. The molecule has 0 unspecified atom stereocenters. The Morgan fingerprint density at radius 1 is 1.08 bits per heavy atom. The summed E-state index contributed by atoms with van der Waals surface area (Å²) in [5.74, 6) is 3.09. The maximum absolute atomic E-state index is 14.6. The maximum Gasteiger partial charge on any atom is 0.149 e. The molecular weight excluding hydrogens is 347 g/mol. The summed E-state index contributed by atoms with van der Waals surface area (Å²) in [6.45, 7) is 3.84. The first-order chi connectivity index (χ1) is 12.6. The fraction of sp³-hybridized carbons (Fsp3) is 0.652. The van der Waals surface area contributed by atoms with Gasteiger partial charge in [0.2, 0.25) is 0 Å². The zero-order chi connectivity index (χ0) is 18.5. The Balaban J connectivity index is 1.52. The fourth-order valence-corrected chi connectivity index (χ4v) is 5.47. The predicted octanol–water partition coefficient (Wildman–Crippen LogP) is 7.53. The molecule has 0 heterocycles. The van der Waals surface area contributed by atoms with Gasteiger partial charge in [-0.05, 0) is 86.7 Å². The Morgan fingerprint density at radius 2 is 1.69 bits per heavy atom. The maximum atomic E-state index is 14.6. The van der Waals surface area contributed by atoms with E-state index in [-0.39, 0.29) is 10.8 Å². The van der Waals surface area contributed by atoms with E-state index >= 15 is 0 Å². The number of halogens is 2. The largest absolute Gasteiger partial charge is 0.495 e. The van der Waals surface area contributed by atoms with Crippen molar-refractivity contribution in [2.75, 3.05) is 7.11 Å². The molecule has 0 aromatic heterocycles. The Bertz CT molecular complexity index is 598. The molecule has 1 nitrogen and oxygen atoms in total. The van der Waals surface area contributed by atoms with E-state index in [1.54, 1.807) is 6.07 Å². The number of benzene rings is 1. The average molecular weight is 379 g/mol. The summed E-state index contributed by atoms with van der Waals surface area (Å²) in [6.07, 6.45) is 14.7. The van der Waals surface area contributed by atoms with Gasteiger partial charge in [0.15, 0.2) is 0 Å². The standard InChI is InChI=1S/C23H32ClFO/c1-3-4-5-16-6-8-17(9-7-16)18-10-12-19(13-11-18)20-14-15-21(26-2)22(24)23(20)25/h3,14-19H,1,4-13H2,2H3. The van der Waals surface area contributed by atoms with Crippen molar-refractivity contribution >= 4 is 11.6 Å². The van der Waals surface area contributed by atoms with Crippen molar-refractivity contribution in [1.82, 2.24) is 0 Å². The van der Waals surface area contributed by atoms with Gasteiger partial charge < -0.3 is 4.74 Å². The molecule has 3 rings (SSSR count). The van der Waals surface area contributed by atoms with Crippen molar-refractivity contribution in [3.63, 3.8) is 0 Å². The highest BCUT2D eigenvalue weighted by Gasteiger charge is 2.32. The summed E-state index contributed by atoms with van der Waals surface area (Å²) >= 11 is 6.11. The molecule has 0 radical (unpaired) electrons. The van der Waals surface area contributed by atoms with Crippen molar-refractivity contribution in [3.8, 4) is 5.75 Å². The molecule has 2 aliphatic carbocycles. The summed E-state index contributed by atoms with van der Waals surface area (Å²) in [5.41, 5.74) is 0.780. The van der Waals surface area contributed by atoms with E-state index < -0.39 is 0 Å². The van der Waals surface area contributed by atoms with Gasteiger partial charge in [0.1, 0.15) is 16.6 Å². The van der Waals surface area contributed by atoms with Gasteiger partial charge in [0, 0.05) is 0 Å². The topological polar surface area (TPSA) is 9.23 Å². The molecule has 1 aromatic carbocycles. The molecule has 0 bridgehead atoms. The first kappa shape index (κ1) is 19.7. The predicted molar refractivity (Wildman–Crippen MR) is 108 cm³/mol. The highest BCUT2D eigenvalue weighted by atomic mass is 35.5. The van der Waals surface area contributed by atoms with Crippen LogP contribution in [0.3, 0.4) is 0 Å². The Kier molecular flexibility index (Phi) is 7.03. The van der Waals surface area contributed by atoms with Crippen LogP contribution in [0.15, 0.2) is 24.8 Å². The summed E-state index contributed by atoms with van der Waals surface area (Å²) in [6, 6.07) is 3.67. The van der Waals surface area contributed by atoms with Crippen LogP contribution in [0, 0.1) is 23.6 Å². The van der Waals surface area contributed by atoms with Crippen molar-refractivity contribution in [3.05, 3.63) is 41.2 Å². The zero-order valence-corrected chi connectivity index (χ0v) is 16.7. The third-order valence-corrected chi connectivity index (χ3v) is 7.20. The van der Waals surface area contributed by atoms with Gasteiger partial charge in [0.25, 0.3) is 0 Å². The lowest BCUT2D eigenvalue weighted by molar-refractivity contribution is 0.156. The van der Waals surface area contributed by atoms with E-state index in [1.807, 2.05) is 6.07 Å². The molecule has 26 heavy (non-hydrogen) atoms. The minimum absolute atomic E-state index is 0.130. The number of allylic oxidation sites excluding steroid dienone is 1. The highest BCUT2D eigenvalue weighted by Crippen LogP contribution is 2.45. The molecule has 0 spiro atoms. The quantitative estimate of drug-likeness (QED) is 0.464. The van der Waals surface area contributed by atoms with Gasteiger partial charge >= 0.3 is 0 Å². The van der Waals surface area contributed by atoms with Crippen LogP contribution < -0.4 is 4.74 Å². The van der Waals surface area contributed by atoms with Crippen molar-refractivity contribution in [1.29, 1.82) is 0 Å². The average Bonchev–Trinajstić information content (AvgIpc) is 2.69. The van der Waals surface area contributed by atoms with Gasteiger partial charge in [-0.15, -0.1) is 6.58 Å². The third-order valence-electron chi connectivity index (χ3n) is 6.85. The highest BCUT2D eigenvalue weighted by molar-refractivity contribution is 6.32. The first-order valence-corrected chi connectivity index (χ1v) is 10.6. The molecule has 0 N–H and O–H groups in total. The molecule has 0 atom stereocenters. The number of hydrogen-bond acceptors (Lipinski definition) is 1. The van der Waals surface area contributed by atoms with Crippen LogP contribution in [0.5, 0.6) is 5.75 Å². The lowest BCUT2D eigenvalue weighted by atomic mass is 9.68. The number of hydrogen-bond donors (Lipinski definition) is 0. The summed E-state index contributed by atoms with van der Waals surface area (Å²) < 4.78 is 19.7. The monoisotopic (exact) mass is 378 g/mol. The summed E-state index contributed by atoms with van der Waals surface area (Å²) in [4.78, 5) is 0. The SMILES string of the molecule is C=CCCC1CCC(C2CCC(c3ccc(OC)c(Cl)c3F)CC2)CC1. The second-order valence-electron chi connectivity index (χ2n) is 8.24. The molecule has 1 aromatic rings. The van der Waals surface area contributed by atoms with Gasteiger partial charge in [-0.1, -0.05) is 36.6 Å². The molecule has 2 saturated carbocycles. The molecule has 0 amide bonds. The van der Waals surface area contributed by atoms with Crippen molar-refractivity contribution in [2.45, 2.75) is 70.1 Å². The van der Waals surface area contributed by atoms with Gasteiger partial charge in [-0.2, -0.15) is 0 Å². The van der Waals surface area contributed by atoms with E-state index in [0.29, 0.717) is 11.7 Å². The van der Waals surface area contributed by atoms with E-state index in [9.17, 15) is 4.39 Å². The van der Waals surface area contributed by atoms with Crippen LogP contribution >= 0.6 is 11.6 Å². The van der Waals surface area contributed by atoms with Crippen LogP contribution in [0.2, 0.25) is 5.02 Å². The minimum atomic E-state index is -0.280. The number of methoxy groups -OCH3 is 1. The lowest BCUT2D eigenvalue weighted by Crippen LogP contribution is -2.25. The molecular formula is C23H32ClFO. The van der Waals surface area contributed by atoms with Gasteiger partial charge in [-0.25, -0.2) is 4.39 Å². The van der Waals surface area contributed by atoms with E-state index in [4.69, 9.17) is 16.3 Å². The minimum Gasteiger partial charge on any atom is -0.495 e. The van der Waals surface area contributed by atoms with E-state index in [0.717, 1.165) is 42.6 Å². The zero-order valence-electron chi connectivity index (χ0n) is 16.0. The number of rotatable bonds is 6. The Labute approximate surface area is 163 Å². The number of ether oxygens (including phenoxy) is 1. The van der Waals surface area contributed by atoms with Crippen LogP contribution in [0.25, 0.3) is 0 Å². The van der Waals surface area contributed by atoms with Crippen molar-refractivity contribution < 1.29 is 9.13 Å². The molecule has 2 fully saturated rings. The normalized spacial score (nSPS) is 29.3. The third kappa shape index (κ3) is 4.44. The summed E-state index contributed by atoms with van der Waals surface area (Å²) in [7, 11) is 1.53. The van der Waals surface area contributed by atoms with Gasteiger partial charge in [-0.3, -0.25) is 0 Å². The van der Waals surface area contributed by atoms with Crippen LogP contribution in [0.1, 0.15) is 75.7 Å². The Morgan fingerprint density at radius 3 is 2.27 bits per heavy atom. The fourth-order valence-electron chi connectivity index (χ4n) is 5.22. The van der Waals surface area contributed by atoms with Crippen molar-refractivity contribution in [2.24, 2.45) is 17.8 Å². The second-order valence-corrected chi connectivity index (χ2v) is 8.62. The van der Waals surface area contributed by atoms with E-state index in [1.165, 1.54) is 52.1 Å². The van der Waals surface area contributed by atoms with Gasteiger partial charge in [0.05, 0.1) is 7.11 Å². The molecule has 0 saturated heterocycles. The molecule has 2 aliphatic rings. The van der Waals surface area contributed by atoms with Crippen LogP contribution in [0.4, 0.5) is 4.39 Å². The molecule has 3 heteroatoms. The van der Waals surface area contributed by atoms with Crippen LogP contribution in [-0.4, -0.2) is 7.11 Å². The second kappa shape index (κ2) is 9.26.